The highest BCUT2D eigenvalue weighted by Crippen LogP contribution is 2.23. The number of carbonyl (C=O) groups excluding carboxylic acids is 1. The normalized spacial score (nSPS) is 10.9. The first-order valence-electron chi connectivity index (χ1n) is 8.74. The highest BCUT2D eigenvalue weighted by molar-refractivity contribution is 7.07. The van der Waals surface area contributed by atoms with E-state index in [1.165, 1.54) is 11.3 Å². The summed E-state index contributed by atoms with van der Waals surface area (Å²) >= 11 is 1.47. The number of urea groups is 1. The van der Waals surface area contributed by atoms with Crippen LogP contribution in [0.4, 0.5) is 38.1 Å². The molecule has 0 aliphatic rings. The van der Waals surface area contributed by atoms with Crippen LogP contribution in [-0.4, -0.2) is 38.2 Å². The van der Waals surface area contributed by atoms with Gasteiger partial charge >= 0.3 is 18.2 Å². The third kappa shape index (κ3) is 6.46. The molecule has 2 amide bonds. The number of carboxylic acids is 1. The molecule has 0 bridgehead atoms. The lowest BCUT2D eigenvalue weighted by atomic mass is 10.3. The quantitative estimate of drug-likeness (QED) is 0.296. The molecule has 0 unspecified atom stereocenters. The maximum atomic E-state index is 13.2. The molecular weight excluding hydrogens is 473 g/mol. The minimum atomic E-state index is -5.08. The Balaban J connectivity index is 0.000000383. The Morgan fingerprint density at radius 3 is 2.21 bits per heavy atom. The number of imidazole rings is 1. The summed E-state index contributed by atoms with van der Waals surface area (Å²) in [5.41, 5.74) is 4.43. The van der Waals surface area contributed by atoms with Crippen molar-refractivity contribution in [1.29, 1.82) is 0 Å². The van der Waals surface area contributed by atoms with E-state index >= 15 is 0 Å². The molecule has 172 valence electrons. The Hall–Kier alpha value is -4.07. The third-order valence-electron chi connectivity index (χ3n) is 3.78. The van der Waals surface area contributed by atoms with Gasteiger partial charge in [0, 0.05) is 22.8 Å². The topological polar surface area (TPSA) is 120 Å². The molecule has 0 saturated heterocycles. The minimum absolute atomic E-state index is 0.0217. The molecule has 2 heterocycles. The molecule has 0 aliphatic heterocycles. The number of hydrogen-bond donors (Lipinski definition) is 4. The molecule has 4 N–H and O–H groups in total. The van der Waals surface area contributed by atoms with Gasteiger partial charge in [-0.1, -0.05) is 0 Å². The standard InChI is InChI=1S/C17H11F2N5OS.C2HF3O2/c18-9-3-10(19)5-12(4-9)22-17(25)21-11-1-2-13-14(6-11)24-16(23-13)15-7-26-8-20-15;3-2(4,5)1(6)7/h1-8H,(H,23,24)(H2,21,22,25);(H,6,7). The second-order valence-electron chi connectivity index (χ2n) is 6.23. The highest BCUT2D eigenvalue weighted by Gasteiger charge is 2.38. The van der Waals surface area contributed by atoms with Gasteiger partial charge in [0.1, 0.15) is 17.3 Å². The summed E-state index contributed by atoms with van der Waals surface area (Å²) in [6.07, 6.45) is -5.08. The van der Waals surface area contributed by atoms with Crippen molar-refractivity contribution in [3.63, 3.8) is 0 Å². The van der Waals surface area contributed by atoms with Gasteiger partial charge in [-0.3, -0.25) is 0 Å². The van der Waals surface area contributed by atoms with Crippen molar-refractivity contribution < 1.29 is 36.6 Å². The van der Waals surface area contributed by atoms with Crippen LogP contribution in [0, 0.1) is 11.6 Å². The number of amides is 2. The minimum Gasteiger partial charge on any atom is -0.475 e. The van der Waals surface area contributed by atoms with E-state index in [-0.39, 0.29) is 5.69 Å². The average molecular weight is 485 g/mol. The van der Waals surface area contributed by atoms with Gasteiger partial charge in [0.25, 0.3) is 0 Å². The monoisotopic (exact) mass is 485 g/mol. The predicted octanol–water partition coefficient (Wildman–Crippen LogP) is 5.24. The number of hydrogen-bond acceptors (Lipinski definition) is 5. The van der Waals surface area contributed by atoms with E-state index in [0.717, 1.165) is 34.9 Å². The lowest BCUT2D eigenvalue weighted by Crippen LogP contribution is -2.21. The summed E-state index contributed by atoms with van der Waals surface area (Å²) in [6.45, 7) is 0. The van der Waals surface area contributed by atoms with Gasteiger partial charge in [0.15, 0.2) is 5.82 Å². The smallest absolute Gasteiger partial charge is 0.475 e. The van der Waals surface area contributed by atoms with Crippen molar-refractivity contribution in [2.24, 2.45) is 0 Å². The van der Waals surface area contributed by atoms with E-state index < -0.39 is 29.8 Å². The molecule has 0 fully saturated rings. The second-order valence-corrected chi connectivity index (χ2v) is 6.95. The van der Waals surface area contributed by atoms with Crippen molar-refractivity contribution >= 4 is 45.7 Å². The van der Waals surface area contributed by atoms with E-state index in [9.17, 15) is 26.7 Å². The summed E-state index contributed by atoms with van der Waals surface area (Å²) in [5, 5.41) is 14.0. The van der Waals surface area contributed by atoms with E-state index in [4.69, 9.17) is 9.90 Å². The number of aromatic nitrogens is 3. The van der Waals surface area contributed by atoms with Crippen LogP contribution in [0.25, 0.3) is 22.6 Å². The summed E-state index contributed by atoms with van der Waals surface area (Å²) in [6, 6.07) is 7.31. The van der Waals surface area contributed by atoms with Gasteiger partial charge in [-0.25, -0.2) is 28.3 Å². The molecule has 8 nitrogen and oxygen atoms in total. The summed E-state index contributed by atoms with van der Waals surface area (Å²) in [5.74, 6) is -3.66. The molecule has 4 rings (SSSR count). The first-order valence-corrected chi connectivity index (χ1v) is 9.68. The Labute approximate surface area is 185 Å². The van der Waals surface area contributed by atoms with Crippen LogP contribution in [0.3, 0.4) is 0 Å². The maximum Gasteiger partial charge on any atom is 0.490 e. The number of nitrogens with zero attached hydrogens (tertiary/aromatic N) is 2. The zero-order valence-electron chi connectivity index (χ0n) is 16.1. The first kappa shape index (κ1) is 23.6. The number of alkyl halides is 3. The van der Waals surface area contributed by atoms with Gasteiger partial charge in [-0.15, -0.1) is 11.3 Å². The molecule has 33 heavy (non-hydrogen) atoms. The molecule has 0 spiro atoms. The number of carbonyl (C=O) groups is 2. The zero-order chi connectivity index (χ0) is 24.2. The van der Waals surface area contributed by atoms with E-state index in [1.807, 2.05) is 5.38 Å². The van der Waals surface area contributed by atoms with Gasteiger partial charge in [-0.2, -0.15) is 13.2 Å². The van der Waals surface area contributed by atoms with Crippen molar-refractivity contribution in [1.82, 2.24) is 15.0 Å². The number of rotatable bonds is 3. The zero-order valence-corrected chi connectivity index (χ0v) is 16.9. The van der Waals surface area contributed by atoms with E-state index in [1.54, 1.807) is 23.7 Å². The molecule has 14 heteroatoms. The number of fused-ring (bicyclic) bond motifs is 1. The molecule has 0 radical (unpaired) electrons. The predicted molar refractivity (Wildman–Crippen MR) is 110 cm³/mol. The average Bonchev–Trinajstić information content (AvgIpc) is 3.36. The van der Waals surface area contributed by atoms with Crippen LogP contribution in [0.2, 0.25) is 0 Å². The molecule has 0 atom stereocenters. The number of thiazole rings is 1. The highest BCUT2D eigenvalue weighted by atomic mass is 32.1. The number of carboxylic acid groups (broad SMARTS) is 1. The van der Waals surface area contributed by atoms with Gasteiger partial charge < -0.3 is 20.7 Å². The first-order chi connectivity index (χ1) is 15.5. The van der Waals surface area contributed by atoms with Crippen LogP contribution >= 0.6 is 11.3 Å². The van der Waals surface area contributed by atoms with Crippen LogP contribution < -0.4 is 10.6 Å². The fourth-order valence-corrected chi connectivity index (χ4v) is 2.99. The Bertz CT molecular complexity index is 1270. The Morgan fingerprint density at radius 2 is 1.64 bits per heavy atom. The number of anilines is 2. The van der Waals surface area contributed by atoms with Gasteiger partial charge in [0.05, 0.1) is 16.5 Å². The molecule has 0 aliphatic carbocycles. The van der Waals surface area contributed by atoms with Crippen LogP contribution in [-0.2, 0) is 4.79 Å². The molecule has 4 aromatic rings. The summed E-state index contributed by atoms with van der Waals surface area (Å²) in [4.78, 5) is 32.7. The van der Waals surface area contributed by atoms with Crippen molar-refractivity contribution in [3.8, 4) is 11.5 Å². The Morgan fingerprint density at radius 1 is 1.00 bits per heavy atom. The lowest BCUT2D eigenvalue weighted by molar-refractivity contribution is -0.192. The number of nitrogens with one attached hydrogen (secondary N) is 3. The van der Waals surface area contributed by atoms with Crippen molar-refractivity contribution in [2.45, 2.75) is 6.18 Å². The maximum absolute atomic E-state index is 13.2. The van der Waals surface area contributed by atoms with Gasteiger partial charge in [-0.05, 0) is 30.3 Å². The third-order valence-corrected chi connectivity index (χ3v) is 4.36. The number of benzene rings is 2. The molecule has 0 saturated carbocycles. The summed E-state index contributed by atoms with van der Waals surface area (Å²) < 4.78 is 58.1. The SMILES string of the molecule is O=C(Nc1cc(F)cc(F)c1)Nc1ccc2nc(-c3cscn3)[nH]c2c1.O=C(O)C(F)(F)F. The second kappa shape index (κ2) is 9.60. The van der Waals surface area contributed by atoms with Gasteiger partial charge in [0.2, 0.25) is 0 Å². The lowest BCUT2D eigenvalue weighted by Gasteiger charge is -2.08. The van der Waals surface area contributed by atoms with Crippen LogP contribution in [0.5, 0.6) is 0 Å². The number of aliphatic carboxylic acids is 1. The fraction of sp³-hybridized carbons (Fsp3) is 0.0526. The Kier molecular flexibility index (Phi) is 6.86. The summed E-state index contributed by atoms with van der Waals surface area (Å²) in [7, 11) is 0. The fourth-order valence-electron chi connectivity index (χ4n) is 2.46. The largest absolute Gasteiger partial charge is 0.490 e. The van der Waals surface area contributed by atoms with Crippen LogP contribution in [0.1, 0.15) is 0 Å². The molecule has 2 aromatic heterocycles. The number of halogens is 5. The molecular formula is C19H12F5N5O3S. The van der Waals surface area contributed by atoms with E-state index in [2.05, 4.69) is 25.6 Å². The van der Waals surface area contributed by atoms with E-state index in [0.29, 0.717) is 11.5 Å². The van der Waals surface area contributed by atoms with Crippen molar-refractivity contribution in [3.05, 3.63) is 58.9 Å². The number of H-pyrrole nitrogens is 1. The van der Waals surface area contributed by atoms with Crippen LogP contribution in [0.15, 0.2) is 47.3 Å². The molecule has 2 aromatic carbocycles. The van der Waals surface area contributed by atoms with Crippen molar-refractivity contribution in [2.75, 3.05) is 10.6 Å². The number of aromatic amines is 1.